The van der Waals surface area contributed by atoms with E-state index in [-0.39, 0.29) is 55.1 Å². The number of hydrogen-bond acceptors (Lipinski definition) is 5. The van der Waals surface area contributed by atoms with Crippen LogP contribution in [0.15, 0.2) is 30.3 Å². The van der Waals surface area contributed by atoms with Gasteiger partial charge in [0.2, 0.25) is 23.6 Å². The van der Waals surface area contributed by atoms with Crippen LogP contribution in [0.4, 0.5) is 0 Å². The molecule has 2 aliphatic heterocycles. The molecule has 174 valence electrons. The molecule has 2 aliphatic rings. The second kappa shape index (κ2) is 10.3. The number of carbonyl (C=O) groups is 4. The molecule has 8 nitrogen and oxygen atoms in total. The van der Waals surface area contributed by atoms with Crippen molar-refractivity contribution in [2.75, 3.05) is 26.8 Å². The third-order valence-corrected chi connectivity index (χ3v) is 6.36. The highest BCUT2D eigenvalue weighted by Crippen LogP contribution is 2.40. The quantitative estimate of drug-likeness (QED) is 0.438. The Kier molecular flexibility index (Phi) is 7.66. The Morgan fingerprint density at radius 1 is 1.25 bits per heavy atom. The smallest absolute Gasteiger partial charge is 0.240 e. The Labute approximate surface area is 189 Å². The molecule has 0 aliphatic carbocycles. The molecule has 4 amide bonds. The van der Waals surface area contributed by atoms with Crippen molar-refractivity contribution < 1.29 is 23.9 Å². The molecular weight excluding hydrogens is 410 g/mol. The van der Waals surface area contributed by atoms with Gasteiger partial charge in [-0.3, -0.25) is 24.1 Å². The molecule has 2 fully saturated rings. The fraction of sp³-hybridized carbons (Fsp3) is 0.583. The van der Waals surface area contributed by atoms with Gasteiger partial charge in [-0.25, -0.2) is 0 Å². The summed E-state index contributed by atoms with van der Waals surface area (Å²) in [5.41, 5.74) is -0.534. The average molecular weight is 444 g/mol. The van der Waals surface area contributed by atoms with Gasteiger partial charge in [0, 0.05) is 58.2 Å². The normalized spacial score (nSPS) is 23.2. The standard InChI is InChI=1S/C24H33N3O5/c1-17(2)27(16-19-10-11-20(28)25-19)22(30)15-24(18-8-5-4-6-9-18)14-21(29)26(23(24)31)12-7-13-32-3/h4-6,8-9,17,19H,7,10-16H2,1-3H3,(H,25,28). The molecule has 0 bridgehead atoms. The highest BCUT2D eigenvalue weighted by molar-refractivity contribution is 6.10. The minimum absolute atomic E-state index is 0.00446. The SMILES string of the molecule is COCCCN1C(=O)CC(CC(=O)N(CC2CCC(=O)N2)C(C)C)(c2ccccc2)C1=O. The van der Waals surface area contributed by atoms with E-state index >= 15 is 0 Å². The lowest BCUT2D eigenvalue weighted by molar-refractivity contribution is -0.143. The van der Waals surface area contributed by atoms with Crippen LogP contribution in [0, 0.1) is 0 Å². The van der Waals surface area contributed by atoms with Gasteiger partial charge in [0.25, 0.3) is 0 Å². The monoisotopic (exact) mass is 443 g/mol. The Balaban J connectivity index is 1.86. The molecular formula is C24H33N3O5. The predicted octanol–water partition coefficient (Wildman–Crippen LogP) is 1.63. The molecule has 8 heteroatoms. The van der Waals surface area contributed by atoms with Crippen LogP contribution in [0.3, 0.4) is 0 Å². The molecule has 2 unspecified atom stereocenters. The third-order valence-electron chi connectivity index (χ3n) is 6.36. The van der Waals surface area contributed by atoms with Crippen molar-refractivity contribution in [2.45, 2.75) is 63.5 Å². The van der Waals surface area contributed by atoms with Crippen molar-refractivity contribution in [3.8, 4) is 0 Å². The number of nitrogens with zero attached hydrogens (tertiary/aromatic N) is 2. The van der Waals surface area contributed by atoms with Crippen molar-refractivity contribution in [2.24, 2.45) is 0 Å². The number of ether oxygens (including phenoxy) is 1. The van der Waals surface area contributed by atoms with Crippen LogP contribution in [-0.2, 0) is 29.3 Å². The molecule has 2 saturated heterocycles. The van der Waals surface area contributed by atoms with E-state index < -0.39 is 5.41 Å². The second-order valence-corrected chi connectivity index (χ2v) is 8.94. The molecule has 3 rings (SSSR count). The van der Waals surface area contributed by atoms with Crippen LogP contribution in [0.5, 0.6) is 0 Å². The zero-order valence-electron chi connectivity index (χ0n) is 19.1. The van der Waals surface area contributed by atoms with E-state index in [1.165, 1.54) is 4.90 Å². The van der Waals surface area contributed by atoms with Gasteiger partial charge in [-0.05, 0) is 32.3 Å². The molecule has 1 aromatic carbocycles. The summed E-state index contributed by atoms with van der Waals surface area (Å²) in [6.07, 6.45) is 1.58. The van der Waals surface area contributed by atoms with E-state index in [1.807, 2.05) is 44.2 Å². The van der Waals surface area contributed by atoms with E-state index in [4.69, 9.17) is 4.74 Å². The number of likely N-dealkylation sites (tertiary alicyclic amines) is 1. The van der Waals surface area contributed by atoms with E-state index in [0.29, 0.717) is 38.0 Å². The summed E-state index contributed by atoms with van der Waals surface area (Å²) in [7, 11) is 1.58. The number of imide groups is 1. The van der Waals surface area contributed by atoms with Gasteiger partial charge in [-0.1, -0.05) is 30.3 Å². The van der Waals surface area contributed by atoms with E-state index in [0.717, 1.165) is 0 Å². The van der Waals surface area contributed by atoms with Crippen LogP contribution in [-0.4, -0.2) is 72.3 Å². The van der Waals surface area contributed by atoms with Crippen LogP contribution in [0.25, 0.3) is 0 Å². The van der Waals surface area contributed by atoms with E-state index in [2.05, 4.69) is 5.32 Å². The van der Waals surface area contributed by atoms with Gasteiger partial charge < -0.3 is 15.0 Å². The lowest BCUT2D eigenvalue weighted by Gasteiger charge is -2.34. The van der Waals surface area contributed by atoms with Crippen molar-refractivity contribution in [1.29, 1.82) is 0 Å². The summed E-state index contributed by atoms with van der Waals surface area (Å²) >= 11 is 0. The molecule has 0 aromatic heterocycles. The van der Waals surface area contributed by atoms with Gasteiger partial charge >= 0.3 is 0 Å². The zero-order valence-corrected chi connectivity index (χ0v) is 19.1. The van der Waals surface area contributed by atoms with Gasteiger partial charge in [0.05, 0.1) is 5.41 Å². The minimum Gasteiger partial charge on any atom is -0.385 e. The largest absolute Gasteiger partial charge is 0.385 e. The van der Waals surface area contributed by atoms with E-state index in [9.17, 15) is 19.2 Å². The minimum atomic E-state index is -1.21. The fourth-order valence-corrected chi connectivity index (χ4v) is 4.63. The molecule has 1 aromatic rings. The number of rotatable bonds is 10. The first-order valence-corrected chi connectivity index (χ1v) is 11.3. The molecule has 2 heterocycles. The summed E-state index contributed by atoms with van der Waals surface area (Å²) in [4.78, 5) is 54.6. The Morgan fingerprint density at radius 3 is 2.56 bits per heavy atom. The number of hydrogen-bond donors (Lipinski definition) is 1. The Bertz CT molecular complexity index is 856. The van der Waals surface area contributed by atoms with Crippen molar-refractivity contribution in [1.82, 2.24) is 15.1 Å². The first-order valence-electron chi connectivity index (χ1n) is 11.3. The molecule has 1 N–H and O–H groups in total. The molecule has 0 saturated carbocycles. The molecule has 0 radical (unpaired) electrons. The third kappa shape index (κ3) is 5.01. The highest BCUT2D eigenvalue weighted by atomic mass is 16.5. The van der Waals surface area contributed by atoms with Crippen LogP contribution in [0.2, 0.25) is 0 Å². The number of amides is 4. The van der Waals surface area contributed by atoms with Crippen LogP contribution in [0.1, 0.15) is 51.5 Å². The summed E-state index contributed by atoms with van der Waals surface area (Å²) in [6, 6.07) is 8.93. The Morgan fingerprint density at radius 2 is 1.97 bits per heavy atom. The molecule has 2 atom stereocenters. The topological polar surface area (TPSA) is 96.0 Å². The van der Waals surface area contributed by atoms with Gasteiger partial charge in [0.1, 0.15) is 0 Å². The number of nitrogens with one attached hydrogen (secondary N) is 1. The van der Waals surface area contributed by atoms with Gasteiger partial charge in [-0.15, -0.1) is 0 Å². The number of methoxy groups -OCH3 is 1. The summed E-state index contributed by atoms with van der Waals surface area (Å²) in [5.74, 6) is -0.780. The first kappa shape index (κ1) is 23.9. The molecule has 0 spiro atoms. The van der Waals surface area contributed by atoms with Gasteiger partial charge in [0.15, 0.2) is 0 Å². The van der Waals surface area contributed by atoms with Crippen LogP contribution < -0.4 is 5.32 Å². The van der Waals surface area contributed by atoms with Crippen molar-refractivity contribution in [3.63, 3.8) is 0 Å². The maximum absolute atomic E-state index is 13.6. The number of benzene rings is 1. The summed E-state index contributed by atoms with van der Waals surface area (Å²) < 4.78 is 5.06. The highest BCUT2D eigenvalue weighted by Gasteiger charge is 2.54. The lowest BCUT2D eigenvalue weighted by atomic mass is 9.75. The fourth-order valence-electron chi connectivity index (χ4n) is 4.63. The molecule has 32 heavy (non-hydrogen) atoms. The second-order valence-electron chi connectivity index (χ2n) is 8.94. The lowest BCUT2D eigenvalue weighted by Crippen LogP contribution is -2.49. The summed E-state index contributed by atoms with van der Waals surface area (Å²) in [6.45, 7) is 4.96. The Hall–Kier alpha value is -2.74. The van der Waals surface area contributed by atoms with Gasteiger partial charge in [-0.2, -0.15) is 0 Å². The first-order chi connectivity index (χ1) is 15.3. The summed E-state index contributed by atoms with van der Waals surface area (Å²) in [5, 5.41) is 2.91. The average Bonchev–Trinajstić information content (AvgIpc) is 3.28. The maximum Gasteiger partial charge on any atom is 0.240 e. The zero-order chi connectivity index (χ0) is 23.3. The van der Waals surface area contributed by atoms with Crippen molar-refractivity contribution in [3.05, 3.63) is 35.9 Å². The predicted molar refractivity (Wildman–Crippen MR) is 119 cm³/mol. The number of carbonyl (C=O) groups excluding carboxylic acids is 4. The van der Waals surface area contributed by atoms with Crippen molar-refractivity contribution >= 4 is 23.6 Å². The van der Waals surface area contributed by atoms with Crippen LogP contribution >= 0.6 is 0 Å². The van der Waals surface area contributed by atoms with E-state index in [1.54, 1.807) is 12.0 Å². The maximum atomic E-state index is 13.6.